The molecular formula is C16H13ClN2O4. The Balaban J connectivity index is 2.04. The summed E-state index contributed by atoms with van der Waals surface area (Å²) in [6.07, 6.45) is 1.36. The molecule has 0 spiro atoms. The maximum Gasteiger partial charge on any atom is 0.411 e. The fourth-order valence-corrected chi connectivity index (χ4v) is 1.98. The normalized spacial score (nSPS) is 10.5. The molecule has 0 fully saturated rings. The summed E-state index contributed by atoms with van der Waals surface area (Å²) >= 11 is 5.86. The van der Waals surface area contributed by atoms with Crippen LogP contribution in [0.15, 0.2) is 54.7 Å². The Bertz CT molecular complexity index is 732. The van der Waals surface area contributed by atoms with E-state index in [2.05, 4.69) is 5.32 Å². The van der Waals surface area contributed by atoms with Crippen molar-refractivity contribution < 1.29 is 14.5 Å². The first kappa shape index (κ1) is 16.5. The number of nitrogens with zero attached hydrogens (tertiary/aromatic N) is 1. The molecule has 0 heterocycles. The molecule has 0 aliphatic carbocycles. The minimum Gasteiger partial charge on any atom is -0.444 e. The largest absolute Gasteiger partial charge is 0.444 e. The van der Waals surface area contributed by atoms with Gasteiger partial charge in [-0.05, 0) is 23.8 Å². The molecule has 6 nitrogen and oxygen atoms in total. The van der Waals surface area contributed by atoms with Gasteiger partial charge in [0.05, 0.1) is 10.6 Å². The number of hydrogen-bond acceptors (Lipinski definition) is 4. The number of benzene rings is 2. The Hall–Kier alpha value is -2.86. The minimum absolute atomic E-state index is 0.125. The number of carbonyl (C=O) groups excluding carboxylic acids is 1. The first-order valence-electron chi connectivity index (χ1n) is 6.63. The molecule has 2 aromatic carbocycles. The molecule has 0 aromatic heterocycles. The molecule has 118 valence electrons. The summed E-state index contributed by atoms with van der Waals surface area (Å²) in [7, 11) is 0. The average molecular weight is 333 g/mol. The molecule has 0 atom stereocenters. The number of ether oxygens (including phenoxy) is 1. The number of nitrogens with one attached hydrogen (secondary N) is 1. The monoisotopic (exact) mass is 332 g/mol. The van der Waals surface area contributed by atoms with E-state index in [-0.39, 0.29) is 6.61 Å². The zero-order chi connectivity index (χ0) is 16.7. The molecule has 0 saturated carbocycles. The highest BCUT2D eigenvalue weighted by molar-refractivity contribution is 6.30. The van der Waals surface area contributed by atoms with Crippen molar-refractivity contribution in [2.24, 2.45) is 0 Å². The van der Waals surface area contributed by atoms with Crippen LogP contribution in [-0.2, 0) is 11.3 Å². The number of halogens is 1. The smallest absolute Gasteiger partial charge is 0.411 e. The molecule has 0 bridgehead atoms. The van der Waals surface area contributed by atoms with Crippen molar-refractivity contribution in [1.29, 1.82) is 0 Å². The Morgan fingerprint density at radius 3 is 2.70 bits per heavy atom. The van der Waals surface area contributed by atoms with E-state index in [0.29, 0.717) is 16.3 Å². The lowest BCUT2D eigenvalue weighted by atomic mass is 10.2. The van der Waals surface area contributed by atoms with Crippen molar-refractivity contribution in [3.63, 3.8) is 0 Å². The summed E-state index contributed by atoms with van der Waals surface area (Å²) < 4.78 is 5.10. The molecule has 0 radical (unpaired) electrons. The van der Waals surface area contributed by atoms with Gasteiger partial charge in [-0.25, -0.2) is 4.79 Å². The second kappa shape index (κ2) is 7.95. The zero-order valence-electron chi connectivity index (χ0n) is 11.9. The Kier molecular flexibility index (Phi) is 5.71. The fraction of sp³-hybridized carbons (Fsp3) is 0.0625. The van der Waals surface area contributed by atoms with Crippen LogP contribution in [0.4, 0.5) is 10.5 Å². The van der Waals surface area contributed by atoms with Gasteiger partial charge in [-0.15, -0.1) is 0 Å². The highest BCUT2D eigenvalue weighted by Gasteiger charge is 2.08. The lowest BCUT2D eigenvalue weighted by molar-refractivity contribution is -0.400. The van der Waals surface area contributed by atoms with E-state index in [9.17, 15) is 14.9 Å². The van der Waals surface area contributed by atoms with Crippen LogP contribution in [0.25, 0.3) is 6.08 Å². The van der Waals surface area contributed by atoms with Gasteiger partial charge < -0.3 is 4.74 Å². The highest BCUT2D eigenvalue weighted by Crippen LogP contribution is 2.22. The van der Waals surface area contributed by atoms with Crippen LogP contribution in [0.3, 0.4) is 0 Å². The van der Waals surface area contributed by atoms with E-state index in [1.807, 2.05) is 30.3 Å². The summed E-state index contributed by atoms with van der Waals surface area (Å²) in [4.78, 5) is 21.7. The lowest BCUT2D eigenvalue weighted by Crippen LogP contribution is -2.14. The van der Waals surface area contributed by atoms with Gasteiger partial charge in [0, 0.05) is 16.7 Å². The molecule has 23 heavy (non-hydrogen) atoms. The first-order valence-corrected chi connectivity index (χ1v) is 7.01. The molecular weight excluding hydrogens is 320 g/mol. The summed E-state index contributed by atoms with van der Waals surface area (Å²) in [5.74, 6) is 0. The molecule has 0 aliphatic rings. The Labute approximate surface area is 137 Å². The summed E-state index contributed by atoms with van der Waals surface area (Å²) in [5.41, 5.74) is 1.63. The summed E-state index contributed by atoms with van der Waals surface area (Å²) in [5, 5.41) is 13.4. The molecule has 1 N–H and O–H groups in total. The predicted molar refractivity (Wildman–Crippen MR) is 87.7 cm³/mol. The van der Waals surface area contributed by atoms with Gasteiger partial charge in [-0.1, -0.05) is 41.9 Å². The van der Waals surface area contributed by atoms with Gasteiger partial charge in [0.1, 0.15) is 6.61 Å². The maximum absolute atomic E-state index is 11.8. The number of rotatable bonds is 5. The van der Waals surface area contributed by atoms with E-state index >= 15 is 0 Å². The number of hydrogen-bond donors (Lipinski definition) is 1. The standard InChI is InChI=1S/C16H13ClN2O4/c17-14-6-7-15(13(10-14)8-9-19(21)22)18-16(20)23-11-12-4-2-1-3-5-12/h1-10H,11H2,(H,18,20)/b9-8+. The minimum atomic E-state index is -0.660. The van der Waals surface area contributed by atoms with Crippen LogP contribution in [0, 0.1) is 10.1 Å². The van der Waals surface area contributed by atoms with E-state index in [0.717, 1.165) is 11.8 Å². The second-order valence-corrected chi connectivity index (χ2v) is 4.96. The van der Waals surface area contributed by atoms with Gasteiger partial charge in [0.25, 0.3) is 0 Å². The Morgan fingerprint density at radius 2 is 2.00 bits per heavy atom. The van der Waals surface area contributed by atoms with Crippen LogP contribution in [0.1, 0.15) is 11.1 Å². The van der Waals surface area contributed by atoms with E-state index in [1.165, 1.54) is 12.1 Å². The Morgan fingerprint density at radius 1 is 1.26 bits per heavy atom. The lowest BCUT2D eigenvalue weighted by Gasteiger charge is -2.09. The third kappa shape index (κ3) is 5.44. The van der Waals surface area contributed by atoms with Crippen LogP contribution in [-0.4, -0.2) is 11.0 Å². The molecule has 0 unspecified atom stereocenters. The van der Waals surface area contributed by atoms with Crippen LogP contribution in [0.5, 0.6) is 0 Å². The van der Waals surface area contributed by atoms with Crippen molar-refractivity contribution in [3.8, 4) is 0 Å². The van der Waals surface area contributed by atoms with Crippen molar-refractivity contribution in [1.82, 2.24) is 0 Å². The van der Waals surface area contributed by atoms with Gasteiger partial charge in [-0.2, -0.15) is 0 Å². The third-order valence-corrected chi connectivity index (χ3v) is 3.07. The molecule has 0 aliphatic heterocycles. The molecule has 7 heteroatoms. The van der Waals surface area contributed by atoms with Crippen molar-refractivity contribution in [2.75, 3.05) is 5.32 Å². The average Bonchev–Trinajstić information content (AvgIpc) is 2.54. The van der Waals surface area contributed by atoms with Gasteiger partial charge in [0.15, 0.2) is 0 Å². The van der Waals surface area contributed by atoms with Crippen molar-refractivity contribution in [2.45, 2.75) is 6.61 Å². The first-order chi connectivity index (χ1) is 11.0. The van der Waals surface area contributed by atoms with Crippen molar-refractivity contribution >= 4 is 29.5 Å². The van der Waals surface area contributed by atoms with E-state index in [1.54, 1.807) is 12.1 Å². The number of nitro groups is 1. The summed E-state index contributed by atoms with van der Waals surface area (Å²) in [6, 6.07) is 13.8. The number of amides is 1. The van der Waals surface area contributed by atoms with Crippen LogP contribution in [0.2, 0.25) is 5.02 Å². The van der Waals surface area contributed by atoms with E-state index in [4.69, 9.17) is 16.3 Å². The van der Waals surface area contributed by atoms with Gasteiger partial charge in [0.2, 0.25) is 6.20 Å². The zero-order valence-corrected chi connectivity index (χ0v) is 12.7. The third-order valence-electron chi connectivity index (χ3n) is 2.84. The highest BCUT2D eigenvalue weighted by atomic mass is 35.5. The molecule has 0 saturated heterocycles. The maximum atomic E-state index is 11.8. The van der Waals surface area contributed by atoms with Crippen LogP contribution < -0.4 is 5.32 Å². The second-order valence-electron chi connectivity index (χ2n) is 4.52. The van der Waals surface area contributed by atoms with Gasteiger partial charge >= 0.3 is 6.09 Å². The van der Waals surface area contributed by atoms with Crippen LogP contribution >= 0.6 is 11.6 Å². The topological polar surface area (TPSA) is 81.5 Å². The predicted octanol–water partition coefficient (Wildman–Crippen LogP) is 4.34. The number of anilines is 1. The number of carbonyl (C=O) groups is 1. The quantitative estimate of drug-likeness (QED) is 0.652. The molecule has 2 rings (SSSR count). The molecule has 2 aromatic rings. The summed E-state index contributed by atoms with van der Waals surface area (Å²) in [6.45, 7) is 0.125. The van der Waals surface area contributed by atoms with E-state index < -0.39 is 11.0 Å². The molecule has 1 amide bonds. The fourth-order valence-electron chi connectivity index (χ4n) is 1.80. The van der Waals surface area contributed by atoms with Crippen molar-refractivity contribution in [3.05, 3.63) is 81.0 Å². The SMILES string of the molecule is O=C(Nc1ccc(Cl)cc1/C=C/[N+](=O)[O-])OCc1ccccc1. The van der Waals surface area contributed by atoms with Gasteiger partial charge in [-0.3, -0.25) is 15.4 Å².